The maximum Gasteiger partial charge on any atom is 0.243 e. The Labute approximate surface area is 160 Å². The van der Waals surface area contributed by atoms with Crippen LogP contribution in [0.15, 0.2) is 53.4 Å². The molecule has 27 heavy (non-hydrogen) atoms. The minimum atomic E-state index is -3.81. The third-order valence-corrected chi connectivity index (χ3v) is 6.11. The molecule has 7 heteroatoms. The Morgan fingerprint density at radius 1 is 0.926 bits per heavy atom. The van der Waals surface area contributed by atoms with Gasteiger partial charge >= 0.3 is 0 Å². The second kappa shape index (κ2) is 8.45. The van der Waals surface area contributed by atoms with Gasteiger partial charge in [0.15, 0.2) is 5.78 Å². The second-order valence-corrected chi connectivity index (χ2v) is 8.62. The Kier molecular flexibility index (Phi) is 6.51. The molecule has 0 spiro atoms. The number of nitrogens with zero attached hydrogens (tertiary/aromatic N) is 2. The molecular formula is C20H24N2O4S. The SMILES string of the molecule is CC(=O)c1ccc(S(=O)(=O)N(C)CC(=O)N(C)Cc2ccc(C)cc2)cc1. The van der Waals surface area contributed by atoms with Crippen molar-refractivity contribution in [1.82, 2.24) is 9.21 Å². The average Bonchev–Trinajstić information content (AvgIpc) is 2.63. The third kappa shape index (κ3) is 5.24. The monoisotopic (exact) mass is 388 g/mol. The van der Waals surface area contributed by atoms with Crippen molar-refractivity contribution < 1.29 is 18.0 Å². The highest BCUT2D eigenvalue weighted by Crippen LogP contribution is 2.16. The van der Waals surface area contributed by atoms with Gasteiger partial charge < -0.3 is 4.90 Å². The van der Waals surface area contributed by atoms with Gasteiger partial charge in [0.25, 0.3) is 0 Å². The van der Waals surface area contributed by atoms with Crippen molar-refractivity contribution in [3.8, 4) is 0 Å². The number of hydrogen-bond donors (Lipinski definition) is 0. The summed E-state index contributed by atoms with van der Waals surface area (Å²) < 4.78 is 26.3. The maximum absolute atomic E-state index is 12.6. The van der Waals surface area contributed by atoms with E-state index in [1.807, 2.05) is 31.2 Å². The number of amides is 1. The fraction of sp³-hybridized carbons (Fsp3) is 0.300. The summed E-state index contributed by atoms with van der Waals surface area (Å²) in [6.45, 7) is 3.54. The molecule has 144 valence electrons. The lowest BCUT2D eigenvalue weighted by atomic mass is 10.1. The first-order chi connectivity index (χ1) is 12.6. The molecule has 1 amide bonds. The first-order valence-electron chi connectivity index (χ1n) is 8.48. The number of carbonyl (C=O) groups is 2. The summed E-state index contributed by atoms with van der Waals surface area (Å²) >= 11 is 0. The van der Waals surface area contributed by atoms with E-state index in [9.17, 15) is 18.0 Å². The molecule has 0 bridgehead atoms. The van der Waals surface area contributed by atoms with Crippen LogP contribution >= 0.6 is 0 Å². The number of aryl methyl sites for hydroxylation is 1. The predicted octanol–water partition coefficient (Wildman–Crippen LogP) is 2.48. The highest BCUT2D eigenvalue weighted by molar-refractivity contribution is 7.89. The molecule has 0 unspecified atom stereocenters. The smallest absolute Gasteiger partial charge is 0.243 e. The molecule has 2 aromatic rings. The highest BCUT2D eigenvalue weighted by Gasteiger charge is 2.24. The number of benzene rings is 2. The van der Waals surface area contributed by atoms with Gasteiger partial charge in [-0.25, -0.2) is 8.42 Å². The molecule has 6 nitrogen and oxygen atoms in total. The van der Waals surface area contributed by atoms with Crippen LogP contribution in [-0.2, 0) is 21.4 Å². The first-order valence-corrected chi connectivity index (χ1v) is 9.92. The molecule has 0 N–H and O–H groups in total. The molecule has 0 aliphatic carbocycles. The van der Waals surface area contributed by atoms with E-state index in [0.717, 1.165) is 15.4 Å². The Bertz CT molecular complexity index is 919. The quantitative estimate of drug-likeness (QED) is 0.683. The normalized spacial score (nSPS) is 11.4. The zero-order valence-electron chi connectivity index (χ0n) is 16.0. The summed E-state index contributed by atoms with van der Waals surface area (Å²) in [4.78, 5) is 25.3. The number of carbonyl (C=O) groups excluding carboxylic acids is 2. The van der Waals surface area contributed by atoms with Gasteiger partial charge in [-0.15, -0.1) is 0 Å². The summed E-state index contributed by atoms with van der Waals surface area (Å²) in [5.74, 6) is -0.442. The number of likely N-dealkylation sites (N-methyl/N-ethyl adjacent to an activating group) is 2. The Morgan fingerprint density at radius 2 is 1.48 bits per heavy atom. The van der Waals surface area contributed by atoms with E-state index in [4.69, 9.17) is 0 Å². The fourth-order valence-electron chi connectivity index (χ4n) is 2.49. The molecule has 2 aromatic carbocycles. The van der Waals surface area contributed by atoms with Crippen LogP contribution in [0.2, 0.25) is 0 Å². The summed E-state index contributed by atoms with van der Waals surface area (Å²) in [7, 11) is -0.804. The topological polar surface area (TPSA) is 74.8 Å². The van der Waals surface area contributed by atoms with Gasteiger partial charge in [-0.05, 0) is 31.5 Å². The Morgan fingerprint density at radius 3 is 2.00 bits per heavy atom. The zero-order valence-corrected chi connectivity index (χ0v) is 16.8. The first kappa shape index (κ1) is 20.8. The van der Waals surface area contributed by atoms with Crippen LogP contribution in [0, 0.1) is 6.92 Å². The van der Waals surface area contributed by atoms with Gasteiger partial charge in [-0.2, -0.15) is 4.31 Å². The molecule has 0 aliphatic heterocycles. The lowest BCUT2D eigenvalue weighted by molar-refractivity contribution is -0.130. The molecule has 0 aliphatic rings. The van der Waals surface area contributed by atoms with E-state index in [1.165, 1.54) is 43.1 Å². The van der Waals surface area contributed by atoms with Crippen molar-refractivity contribution in [2.24, 2.45) is 0 Å². The van der Waals surface area contributed by atoms with Crippen molar-refractivity contribution in [2.75, 3.05) is 20.6 Å². The maximum atomic E-state index is 12.6. The Balaban J connectivity index is 2.05. The number of Topliss-reactive ketones (excluding diaryl/α,β-unsaturated/α-hetero) is 1. The molecule has 0 saturated heterocycles. The molecule has 0 aromatic heterocycles. The highest BCUT2D eigenvalue weighted by atomic mass is 32.2. The van der Waals surface area contributed by atoms with Crippen LogP contribution in [0.25, 0.3) is 0 Å². The van der Waals surface area contributed by atoms with Gasteiger partial charge in [0, 0.05) is 26.2 Å². The van der Waals surface area contributed by atoms with Crippen LogP contribution < -0.4 is 0 Å². The van der Waals surface area contributed by atoms with Crippen molar-refractivity contribution in [1.29, 1.82) is 0 Å². The number of rotatable bonds is 7. The molecule has 0 radical (unpaired) electrons. The van der Waals surface area contributed by atoms with Gasteiger partial charge in [-0.1, -0.05) is 42.0 Å². The molecule has 0 fully saturated rings. The lowest BCUT2D eigenvalue weighted by Crippen LogP contribution is -2.39. The molecule has 2 rings (SSSR count). The van der Waals surface area contributed by atoms with Crippen LogP contribution in [0.4, 0.5) is 0 Å². The zero-order chi connectivity index (χ0) is 20.2. The lowest BCUT2D eigenvalue weighted by Gasteiger charge is -2.22. The van der Waals surface area contributed by atoms with Gasteiger partial charge in [0.1, 0.15) is 0 Å². The number of hydrogen-bond acceptors (Lipinski definition) is 4. The second-order valence-electron chi connectivity index (χ2n) is 6.58. The number of sulfonamides is 1. The van der Waals surface area contributed by atoms with Crippen molar-refractivity contribution in [3.63, 3.8) is 0 Å². The third-order valence-electron chi connectivity index (χ3n) is 4.29. The molecular weight excluding hydrogens is 364 g/mol. The number of ketones is 1. The van der Waals surface area contributed by atoms with E-state index >= 15 is 0 Å². The van der Waals surface area contributed by atoms with Gasteiger partial charge in [-0.3, -0.25) is 9.59 Å². The van der Waals surface area contributed by atoms with E-state index in [2.05, 4.69) is 0 Å². The van der Waals surface area contributed by atoms with E-state index < -0.39 is 10.0 Å². The fourth-order valence-corrected chi connectivity index (χ4v) is 3.61. The standard InChI is InChI=1S/C20H24N2O4S/c1-15-5-7-17(8-6-15)13-21(3)20(24)14-22(4)27(25,26)19-11-9-18(10-12-19)16(2)23/h5-12H,13-14H2,1-4H3. The summed E-state index contributed by atoms with van der Waals surface area (Å²) in [6.07, 6.45) is 0. The van der Waals surface area contributed by atoms with Crippen LogP contribution in [-0.4, -0.2) is 50.0 Å². The average molecular weight is 388 g/mol. The minimum absolute atomic E-state index is 0.0454. The van der Waals surface area contributed by atoms with Gasteiger partial charge in [0.2, 0.25) is 15.9 Å². The summed E-state index contributed by atoms with van der Waals surface area (Å²) in [6, 6.07) is 13.5. The summed E-state index contributed by atoms with van der Waals surface area (Å²) in [5.41, 5.74) is 2.54. The van der Waals surface area contributed by atoms with Crippen molar-refractivity contribution in [3.05, 3.63) is 65.2 Å². The van der Waals surface area contributed by atoms with Gasteiger partial charge in [0.05, 0.1) is 11.4 Å². The van der Waals surface area contributed by atoms with Crippen LogP contribution in [0.5, 0.6) is 0 Å². The van der Waals surface area contributed by atoms with E-state index in [-0.39, 0.29) is 23.1 Å². The van der Waals surface area contributed by atoms with Crippen LogP contribution in [0.1, 0.15) is 28.4 Å². The summed E-state index contributed by atoms with van der Waals surface area (Å²) in [5, 5.41) is 0. The molecule has 0 heterocycles. The minimum Gasteiger partial charge on any atom is -0.340 e. The van der Waals surface area contributed by atoms with Crippen LogP contribution in [0.3, 0.4) is 0 Å². The van der Waals surface area contributed by atoms with E-state index in [0.29, 0.717) is 12.1 Å². The molecule has 0 atom stereocenters. The van der Waals surface area contributed by atoms with E-state index in [1.54, 1.807) is 7.05 Å². The predicted molar refractivity (Wildman–Crippen MR) is 104 cm³/mol. The van der Waals surface area contributed by atoms with Crippen molar-refractivity contribution >= 4 is 21.7 Å². The largest absolute Gasteiger partial charge is 0.340 e. The molecule has 0 saturated carbocycles. The van der Waals surface area contributed by atoms with Crippen molar-refractivity contribution in [2.45, 2.75) is 25.3 Å². The Hall–Kier alpha value is -2.51.